The first-order valence-corrected chi connectivity index (χ1v) is 6.67. The number of benzene rings is 1. The smallest absolute Gasteiger partial charge is 0.179 e. The van der Waals surface area contributed by atoms with Crippen LogP contribution in [0.3, 0.4) is 0 Å². The second-order valence-electron chi connectivity index (χ2n) is 4.38. The average molecular weight is 300 g/mol. The van der Waals surface area contributed by atoms with E-state index in [9.17, 15) is 9.18 Å². The fourth-order valence-electron chi connectivity index (χ4n) is 2.12. The van der Waals surface area contributed by atoms with Crippen LogP contribution >= 0.6 is 15.9 Å². The summed E-state index contributed by atoms with van der Waals surface area (Å²) in [5.74, 6) is -0.569. The van der Waals surface area contributed by atoms with Crippen molar-refractivity contribution < 1.29 is 9.18 Å². The highest BCUT2D eigenvalue weighted by molar-refractivity contribution is 9.10. The summed E-state index contributed by atoms with van der Waals surface area (Å²) in [6, 6.07) is 4.49. The lowest BCUT2D eigenvalue weighted by molar-refractivity contribution is 0.0911. The summed E-state index contributed by atoms with van der Waals surface area (Å²) in [4.78, 5) is 14.1. The summed E-state index contributed by atoms with van der Waals surface area (Å²) >= 11 is 3.26. The normalized spacial score (nSPS) is 17.1. The molecule has 0 unspecified atom stereocenters. The summed E-state index contributed by atoms with van der Waals surface area (Å²) in [7, 11) is 0. The van der Waals surface area contributed by atoms with E-state index < -0.39 is 5.82 Å². The Hall–Kier alpha value is -0.740. The molecular formula is C13H15BrFNO. The number of ketones is 1. The van der Waals surface area contributed by atoms with Gasteiger partial charge in [-0.25, -0.2) is 4.39 Å². The molecule has 0 bridgehead atoms. The largest absolute Gasteiger partial charge is 0.296 e. The molecule has 0 aromatic heterocycles. The Morgan fingerprint density at radius 3 is 2.71 bits per heavy atom. The maximum absolute atomic E-state index is 13.5. The van der Waals surface area contributed by atoms with E-state index in [0.29, 0.717) is 6.54 Å². The second-order valence-corrected chi connectivity index (χ2v) is 5.30. The quantitative estimate of drug-likeness (QED) is 0.799. The highest BCUT2D eigenvalue weighted by Crippen LogP contribution is 2.17. The van der Waals surface area contributed by atoms with Gasteiger partial charge in [0.05, 0.1) is 12.1 Å². The zero-order valence-electron chi connectivity index (χ0n) is 9.59. The third-order valence-electron chi connectivity index (χ3n) is 3.04. The van der Waals surface area contributed by atoms with Crippen molar-refractivity contribution in [2.75, 3.05) is 19.6 Å². The molecule has 0 N–H and O–H groups in total. The van der Waals surface area contributed by atoms with Crippen molar-refractivity contribution in [2.24, 2.45) is 0 Å². The molecule has 92 valence electrons. The number of Topliss-reactive ketones (excluding diaryl/α,β-unsaturated/α-hetero) is 1. The SMILES string of the molecule is O=C(CN1CCCCC1)c1cc(Br)ccc1F. The van der Waals surface area contributed by atoms with Gasteiger partial charge in [0, 0.05) is 4.47 Å². The summed E-state index contributed by atoms with van der Waals surface area (Å²) in [6.45, 7) is 2.22. The highest BCUT2D eigenvalue weighted by Gasteiger charge is 2.17. The van der Waals surface area contributed by atoms with Crippen molar-refractivity contribution >= 4 is 21.7 Å². The molecule has 1 aliphatic heterocycles. The number of piperidine rings is 1. The molecule has 17 heavy (non-hydrogen) atoms. The molecule has 0 spiro atoms. The zero-order chi connectivity index (χ0) is 12.3. The summed E-state index contributed by atoms with van der Waals surface area (Å²) in [6.07, 6.45) is 3.50. The van der Waals surface area contributed by atoms with Gasteiger partial charge in [-0.1, -0.05) is 22.4 Å². The highest BCUT2D eigenvalue weighted by atomic mass is 79.9. The predicted octanol–water partition coefficient (Wildman–Crippen LogP) is 3.26. The van der Waals surface area contributed by atoms with Crippen molar-refractivity contribution in [1.29, 1.82) is 0 Å². The van der Waals surface area contributed by atoms with E-state index in [1.165, 1.54) is 12.5 Å². The fraction of sp³-hybridized carbons (Fsp3) is 0.462. The number of carbonyl (C=O) groups excluding carboxylic acids is 1. The van der Waals surface area contributed by atoms with E-state index in [1.54, 1.807) is 12.1 Å². The lowest BCUT2D eigenvalue weighted by Gasteiger charge is -2.25. The lowest BCUT2D eigenvalue weighted by atomic mass is 10.1. The Morgan fingerprint density at radius 1 is 1.29 bits per heavy atom. The predicted molar refractivity (Wildman–Crippen MR) is 68.7 cm³/mol. The van der Waals surface area contributed by atoms with Gasteiger partial charge in [-0.2, -0.15) is 0 Å². The van der Waals surface area contributed by atoms with Crippen LogP contribution < -0.4 is 0 Å². The van der Waals surface area contributed by atoms with Crippen LogP contribution in [0.15, 0.2) is 22.7 Å². The topological polar surface area (TPSA) is 20.3 Å². The molecule has 4 heteroatoms. The van der Waals surface area contributed by atoms with E-state index in [1.807, 2.05) is 0 Å². The minimum absolute atomic E-state index is 0.134. The van der Waals surface area contributed by atoms with E-state index in [0.717, 1.165) is 30.4 Å². The van der Waals surface area contributed by atoms with Crippen molar-refractivity contribution in [1.82, 2.24) is 4.90 Å². The van der Waals surface area contributed by atoms with E-state index >= 15 is 0 Å². The molecule has 1 aliphatic rings. The first-order valence-electron chi connectivity index (χ1n) is 5.87. The Labute approximate surface area is 109 Å². The Morgan fingerprint density at radius 2 is 2.00 bits per heavy atom. The van der Waals surface area contributed by atoms with E-state index in [2.05, 4.69) is 20.8 Å². The molecule has 0 radical (unpaired) electrons. The molecule has 0 atom stereocenters. The number of rotatable bonds is 3. The van der Waals surface area contributed by atoms with Crippen LogP contribution in [0.2, 0.25) is 0 Å². The third kappa shape index (κ3) is 3.36. The molecule has 1 heterocycles. The van der Waals surface area contributed by atoms with E-state index in [-0.39, 0.29) is 11.3 Å². The van der Waals surface area contributed by atoms with Gasteiger partial charge in [-0.15, -0.1) is 0 Å². The molecule has 1 saturated heterocycles. The molecule has 2 rings (SSSR count). The van der Waals surface area contributed by atoms with Crippen molar-refractivity contribution in [3.05, 3.63) is 34.1 Å². The fourth-order valence-corrected chi connectivity index (χ4v) is 2.48. The molecule has 1 fully saturated rings. The average Bonchev–Trinajstić information content (AvgIpc) is 2.33. The Kier molecular flexibility index (Phi) is 4.29. The number of nitrogens with zero attached hydrogens (tertiary/aromatic N) is 1. The maximum Gasteiger partial charge on any atom is 0.179 e. The zero-order valence-corrected chi connectivity index (χ0v) is 11.2. The maximum atomic E-state index is 13.5. The molecule has 1 aromatic carbocycles. The number of halogens is 2. The van der Waals surface area contributed by atoms with Crippen LogP contribution in [0.1, 0.15) is 29.6 Å². The van der Waals surface area contributed by atoms with Gasteiger partial charge in [0.15, 0.2) is 5.78 Å². The summed E-state index contributed by atoms with van der Waals surface area (Å²) in [5, 5.41) is 0. The molecule has 2 nitrogen and oxygen atoms in total. The second kappa shape index (κ2) is 5.74. The van der Waals surface area contributed by atoms with Crippen LogP contribution in [-0.4, -0.2) is 30.3 Å². The van der Waals surface area contributed by atoms with Crippen LogP contribution in [0.5, 0.6) is 0 Å². The lowest BCUT2D eigenvalue weighted by Crippen LogP contribution is -2.34. The summed E-state index contributed by atoms with van der Waals surface area (Å²) < 4.78 is 14.3. The molecule has 0 amide bonds. The van der Waals surface area contributed by atoms with E-state index in [4.69, 9.17) is 0 Å². The van der Waals surface area contributed by atoms with Gasteiger partial charge in [-0.3, -0.25) is 9.69 Å². The van der Waals surface area contributed by atoms with Crippen LogP contribution in [0, 0.1) is 5.82 Å². The van der Waals surface area contributed by atoms with Crippen LogP contribution in [-0.2, 0) is 0 Å². The molecular weight excluding hydrogens is 285 g/mol. The van der Waals surface area contributed by atoms with Crippen molar-refractivity contribution in [3.8, 4) is 0 Å². The van der Waals surface area contributed by atoms with Gasteiger partial charge >= 0.3 is 0 Å². The van der Waals surface area contributed by atoms with Gasteiger partial charge in [-0.05, 0) is 44.1 Å². The van der Waals surface area contributed by atoms with Gasteiger partial charge in [0.2, 0.25) is 0 Å². The minimum atomic E-state index is -0.435. The minimum Gasteiger partial charge on any atom is -0.296 e. The number of carbonyl (C=O) groups is 1. The molecule has 0 aliphatic carbocycles. The first-order chi connectivity index (χ1) is 8.16. The molecule has 0 saturated carbocycles. The number of hydrogen-bond donors (Lipinski definition) is 0. The summed E-state index contributed by atoms with van der Waals surface area (Å²) in [5.41, 5.74) is 0.185. The first kappa shape index (κ1) is 12.7. The molecule has 1 aromatic rings. The number of hydrogen-bond acceptors (Lipinski definition) is 2. The van der Waals surface area contributed by atoms with Crippen molar-refractivity contribution in [3.63, 3.8) is 0 Å². The van der Waals surface area contributed by atoms with Crippen molar-refractivity contribution in [2.45, 2.75) is 19.3 Å². The van der Waals surface area contributed by atoms with Crippen LogP contribution in [0.4, 0.5) is 4.39 Å². The van der Waals surface area contributed by atoms with Gasteiger partial charge in [0.1, 0.15) is 5.82 Å². The van der Waals surface area contributed by atoms with Crippen LogP contribution in [0.25, 0.3) is 0 Å². The third-order valence-corrected chi connectivity index (χ3v) is 3.54. The number of likely N-dealkylation sites (tertiary alicyclic amines) is 1. The van der Waals surface area contributed by atoms with Gasteiger partial charge < -0.3 is 0 Å². The standard InChI is InChI=1S/C13H15BrFNO/c14-10-4-5-12(15)11(8-10)13(17)9-16-6-2-1-3-7-16/h4-5,8H,1-3,6-7,9H2. The Balaban J connectivity index is 2.05. The Bertz CT molecular complexity index is 416. The monoisotopic (exact) mass is 299 g/mol. The van der Waals surface area contributed by atoms with Gasteiger partial charge in [0.25, 0.3) is 0 Å².